The quantitative estimate of drug-likeness (QED) is 0.716. The highest BCUT2D eigenvalue weighted by molar-refractivity contribution is 5.95. The lowest BCUT2D eigenvalue weighted by Crippen LogP contribution is -1.97. The molecule has 0 amide bonds. The number of Topliss-reactive ketones (excluding diaryl/α,β-unsaturated/α-hetero) is 1. The first-order valence-electron chi connectivity index (χ1n) is 4.42. The summed E-state index contributed by atoms with van der Waals surface area (Å²) in [5.74, 6) is -0.832. The van der Waals surface area contributed by atoms with Gasteiger partial charge in [0.2, 0.25) is 0 Å². The van der Waals surface area contributed by atoms with Gasteiger partial charge in [0.25, 0.3) is 0 Å². The van der Waals surface area contributed by atoms with Crippen LogP contribution in [0.4, 0.5) is 0 Å². The molecule has 0 aromatic carbocycles. The molecular weight excluding hydrogens is 182 g/mol. The largest absolute Gasteiger partial charge is 0.481 e. The molecule has 0 aliphatic heterocycles. The van der Waals surface area contributed by atoms with Crippen LogP contribution in [-0.4, -0.2) is 21.8 Å². The molecular formula is C10H13NO3. The molecule has 0 unspecified atom stereocenters. The van der Waals surface area contributed by atoms with Crippen molar-refractivity contribution in [1.29, 1.82) is 0 Å². The summed E-state index contributed by atoms with van der Waals surface area (Å²) < 4.78 is 0. The van der Waals surface area contributed by atoms with E-state index in [1.54, 1.807) is 13.0 Å². The van der Waals surface area contributed by atoms with Crippen LogP contribution in [0.1, 0.15) is 35.1 Å². The maximum atomic E-state index is 11.1. The summed E-state index contributed by atoms with van der Waals surface area (Å²) in [6.45, 7) is 3.30. The number of hydrogen-bond acceptors (Lipinski definition) is 2. The van der Waals surface area contributed by atoms with Gasteiger partial charge in [0.1, 0.15) is 0 Å². The van der Waals surface area contributed by atoms with Gasteiger partial charge in [-0.2, -0.15) is 0 Å². The van der Waals surface area contributed by atoms with E-state index >= 15 is 0 Å². The maximum absolute atomic E-state index is 11.1. The Balaban J connectivity index is 2.76. The number of carbonyl (C=O) groups is 2. The Morgan fingerprint density at radius 1 is 1.50 bits per heavy atom. The Labute approximate surface area is 81.9 Å². The number of rotatable bonds is 4. The number of aromatic nitrogens is 1. The summed E-state index contributed by atoms with van der Waals surface area (Å²) in [5, 5.41) is 8.48. The van der Waals surface area contributed by atoms with Gasteiger partial charge >= 0.3 is 5.97 Å². The number of aryl methyl sites for hydroxylation is 2. The van der Waals surface area contributed by atoms with Gasteiger partial charge in [-0.1, -0.05) is 0 Å². The van der Waals surface area contributed by atoms with Crippen LogP contribution in [0.15, 0.2) is 6.07 Å². The smallest absolute Gasteiger partial charge is 0.303 e. The minimum atomic E-state index is -0.832. The predicted octanol–water partition coefficient (Wildman–Crippen LogP) is 1.54. The number of carboxylic acids is 1. The van der Waals surface area contributed by atoms with Crippen LogP contribution in [0.3, 0.4) is 0 Å². The number of aliphatic carboxylic acids is 1. The van der Waals surface area contributed by atoms with E-state index in [4.69, 9.17) is 5.11 Å². The highest BCUT2D eigenvalue weighted by atomic mass is 16.4. The normalized spacial score (nSPS) is 10.1. The molecule has 2 N–H and O–H groups in total. The van der Waals surface area contributed by atoms with E-state index in [1.807, 2.05) is 0 Å². The van der Waals surface area contributed by atoms with Gasteiger partial charge in [-0.25, -0.2) is 0 Å². The van der Waals surface area contributed by atoms with Crippen LogP contribution in [0.25, 0.3) is 0 Å². The molecule has 4 heteroatoms. The van der Waals surface area contributed by atoms with Crippen molar-refractivity contribution < 1.29 is 14.7 Å². The molecule has 0 atom stereocenters. The van der Waals surface area contributed by atoms with Gasteiger partial charge in [0.05, 0.1) is 6.42 Å². The molecule has 1 aromatic heterocycles. The van der Waals surface area contributed by atoms with E-state index in [0.29, 0.717) is 12.0 Å². The molecule has 0 saturated heterocycles. The summed E-state index contributed by atoms with van der Waals surface area (Å²) in [7, 11) is 0. The van der Waals surface area contributed by atoms with Crippen molar-refractivity contribution in [2.24, 2.45) is 0 Å². The van der Waals surface area contributed by atoms with Crippen molar-refractivity contribution in [2.45, 2.75) is 26.7 Å². The maximum Gasteiger partial charge on any atom is 0.303 e. The first kappa shape index (κ1) is 10.5. The zero-order valence-corrected chi connectivity index (χ0v) is 8.26. The summed E-state index contributed by atoms with van der Waals surface area (Å²) in [6, 6.07) is 1.72. The number of carboxylic acid groups (broad SMARTS) is 1. The number of carbonyl (C=O) groups excluding carboxylic acids is 1. The lowest BCUT2D eigenvalue weighted by atomic mass is 10.1. The fraction of sp³-hybridized carbons (Fsp3) is 0.400. The molecule has 0 spiro atoms. The average Bonchev–Trinajstić information content (AvgIpc) is 2.43. The van der Waals surface area contributed by atoms with Crippen LogP contribution in [-0.2, 0) is 11.2 Å². The molecule has 0 radical (unpaired) electrons. The molecule has 1 rings (SSSR count). The van der Waals surface area contributed by atoms with Crippen molar-refractivity contribution >= 4 is 11.8 Å². The van der Waals surface area contributed by atoms with Gasteiger partial charge in [-0.15, -0.1) is 0 Å². The van der Waals surface area contributed by atoms with Crippen molar-refractivity contribution in [3.05, 3.63) is 23.0 Å². The minimum absolute atomic E-state index is 0.000301. The molecule has 14 heavy (non-hydrogen) atoms. The van der Waals surface area contributed by atoms with E-state index in [-0.39, 0.29) is 12.2 Å². The second kappa shape index (κ2) is 4.09. The van der Waals surface area contributed by atoms with Gasteiger partial charge in [0, 0.05) is 17.0 Å². The van der Waals surface area contributed by atoms with E-state index in [0.717, 1.165) is 11.4 Å². The standard InChI is InChI=1S/C10H13NO3/c1-6-9(7(2)12)5-8(11-6)3-4-10(13)14/h5,11H,3-4H2,1-2H3,(H,13,14). The molecule has 0 fully saturated rings. The van der Waals surface area contributed by atoms with Crippen molar-refractivity contribution in [3.63, 3.8) is 0 Å². The topological polar surface area (TPSA) is 70.2 Å². The van der Waals surface area contributed by atoms with Crippen molar-refractivity contribution in [2.75, 3.05) is 0 Å². The molecule has 0 saturated carbocycles. The van der Waals surface area contributed by atoms with Crippen LogP contribution in [0.5, 0.6) is 0 Å². The summed E-state index contributed by atoms with van der Waals surface area (Å²) in [6.07, 6.45) is 0.515. The second-order valence-corrected chi connectivity index (χ2v) is 3.28. The lowest BCUT2D eigenvalue weighted by Gasteiger charge is -1.91. The average molecular weight is 195 g/mol. The van der Waals surface area contributed by atoms with Crippen molar-refractivity contribution in [1.82, 2.24) is 4.98 Å². The SMILES string of the molecule is CC(=O)c1cc(CCC(=O)O)[nH]c1C. The van der Waals surface area contributed by atoms with E-state index in [1.165, 1.54) is 6.92 Å². The summed E-state index contributed by atoms with van der Waals surface area (Å²) in [4.78, 5) is 24.4. The predicted molar refractivity (Wildman–Crippen MR) is 51.5 cm³/mol. The monoisotopic (exact) mass is 195 g/mol. The fourth-order valence-electron chi connectivity index (χ4n) is 1.37. The van der Waals surface area contributed by atoms with E-state index < -0.39 is 5.97 Å². The Kier molecular flexibility index (Phi) is 3.06. The van der Waals surface area contributed by atoms with Crippen LogP contribution < -0.4 is 0 Å². The molecule has 76 valence electrons. The number of nitrogens with one attached hydrogen (secondary N) is 1. The number of H-pyrrole nitrogens is 1. The molecule has 0 aliphatic carbocycles. The molecule has 0 bridgehead atoms. The zero-order chi connectivity index (χ0) is 10.7. The van der Waals surface area contributed by atoms with Gasteiger partial charge < -0.3 is 10.1 Å². The number of hydrogen-bond donors (Lipinski definition) is 2. The Hall–Kier alpha value is -1.58. The first-order valence-corrected chi connectivity index (χ1v) is 4.42. The minimum Gasteiger partial charge on any atom is -0.481 e. The van der Waals surface area contributed by atoms with Gasteiger partial charge in [-0.3, -0.25) is 9.59 Å². The highest BCUT2D eigenvalue weighted by Crippen LogP contribution is 2.12. The highest BCUT2D eigenvalue weighted by Gasteiger charge is 2.09. The fourth-order valence-corrected chi connectivity index (χ4v) is 1.37. The molecule has 0 aliphatic rings. The van der Waals surface area contributed by atoms with E-state index in [2.05, 4.69) is 4.98 Å². The molecule has 1 heterocycles. The third kappa shape index (κ3) is 2.45. The molecule has 4 nitrogen and oxygen atoms in total. The first-order chi connectivity index (χ1) is 6.50. The van der Waals surface area contributed by atoms with Crippen LogP contribution in [0.2, 0.25) is 0 Å². The lowest BCUT2D eigenvalue weighted by molar-refractivity contribution is -0.136. The third-order valence-electron chi connectivity index (χ3n) is 2.06. The summed E-state index contributed by atoms with van der Waals surface area (Å²) in [5.41, 5.74) is 2.25. The zero-order valence-electron chi connectivity index (χ0n) is 8.26. The summed E-state index contributed by atoms with van der Waals surface area (Å²) >= 11 is 0. The van der Waals surface area contributed by atoms with Gasteiger partial charge in [0.15, 0.2) is 5.78 Å². The van der Waals surface area contributed by atoms with Crippen LogP contribution >= 0.6 is 0 Å². The third-order valence-corrected chi connectivity index (χ3v) is 2.06. The number of ketones is 1. The van der Waals surface area contributed by atoms with Gasteiger partial charge in [-0.05, 0) is 26.3 Å². The Bertz CT molecular complexity index is 365. The van der Waals surface area contributed by atoms with Crippen molar-refractivity contribution in [3.8, 4) is 0 Å². The Morgan fingerprint density at radius 2 is 2.14 bits per heavy atom. The second-order valence-electron chi connectivity index (χ2n) is 3.28. The number of aromatic amines is 1. The van der Waals surface area contributed by atoms with E-state index in [9.17, 15) is 9.59 Å². The van der Waals surface area contributed by atoms with Crippen LogP contribution in [0, 0.1) is 6.92 Å². The molecule has 1 aromatic rings. The Morgan fingerprint density at radius 3 is 2.57 bits per heavy atom.